The molecule has 1 heterocycles. The van der Waals surface area contributed by atoms with Crippen molar-refractivity contribution in [2.45, 2.75) is 57.5 Å². The lowest BCUT2D eigenvalue weighted by Gasteiger charge is -2.35. The molecule has 2 aliphatic rings. The largest absolute Gasteiger partial charge is 0.340 e. The molecule has 1 aliphatic carbocycles. The van der Waals surface area contributed by atoms with Crippen LogP contribution in [0.25, 0.3) is 0 Å². The van der Waals surface area contributed by atoms with Gasteiger partial charge in [-0.3, -0.25) is 4.79 Å². The summed E-state index contributed by atoms with van der Waals surface area (Å²) in [4.78, 5) is 14.6. The first kappa shape index (κ1) is 14.2. The second-order valence-electron chi connectivity index (χ2n) is 5.40. The minimum absolute atomic E-state index is 0.365. The lowest BCUT2D eigenvalue weighted by atomic mass is 9.94. The maximum atomic E-state index is 12.4. The summed E-state index contributed by atoms with van der Waals surface area (Å²) in [5, 5.41) is 3.46. The molecular formula is C14H26N2OS. The van der Waals surface area contributed by atoms with Crippen LogP contribution in [0.2, 0.25) is 0 Å². The molecule has 104 valence electrons. The van der Waals surface area contributed by atoms with Gasteiger partial charge in [0, 0.05) is 43.1 Å². The Morgan fingerprint density at radius 1 is 1.33 bits per heavy atom. The Bertz CT molecular complexity index is 261. The van der Waals surface area contributed by atoms with E-state index < -0.39 is 0 Å². The third-order valence-corrected chi connectivity index (χ3v) is 5.23. The molecule has 2 rings (SSSR count). The van der Waals surface area contributed by atoms with Gasteiger partial charge in [0.2, 0.25) is 5.91 Å². The topological polar surface area (TPSA) is 32.3 Å². The predicted octanol–water partition coefficient (Wildman–Crippen LogP) is 2.26. The van der Waals surface area contributed by atoms with Gasteiger partial charge in [-0.25, -0.2) is 0 Å². The van der Waals surface area contributed by atoms with Gasteiger partial charge < -0.3 is 10.2 Å². The molecule has 0 radical (unpaired) electrons. The summed E-state index contributed by atoms with van der Waals surface area (Å²) in [6.07, 6.45) is 7.07. The smallest absolute Gasteiger partial charge is 0.224 e. The van der Waals surface area contributed by atoms with Crippen LogP contribution >= 0.6 is 11.8 Å². The number of rotatable bonds is 4. The number of hydrogen-bond acceptors (Lipinski definition) is 3. The highest BCUT2D eigenvalue weighted by Gasteiger charge is 2.26. The van der Waals surface area contributed by atoms with Crippen molar-refractivity contribution in [3.8, 4) is 0 Å². The van der Waals surface area contributed by atoms with Crippen LogP contribution < -0.4 is 5.32 Å². The number of carbonyl (C=O) groups excluding carboxylic acids is 1. The number of nitrogens with zero attached hydrogens (tertiary/aromatic N) is 1. The zero-order valence-corrected chi connectivity index (χ0v) is 12.3. The van der Waals surface area contributed by atoms with Crippen molar-refractivity contribution in [1.29, 1.82) is 0 Å². The van der Waals surface area contributed by atoms with Gasteiger partial charge >= 0.3 is 0 Å². The van der Waals surface area contributed by atoms with Gasteiger partial charge in [-0.1, -0.05) is 19.3 Å². The zero-order valence-electron chi connectivity index (χ0n) is 11.5. The summed E-state index contributed by atoms with van der Waals surface area (Å²) >= 11 is 1.97. The van der Waals surface area contributed by atoms with Crippen LogP contribution in [0.1, 0.15) is 45.4 Å². The fourth-order valence-corrected chi connectivity index (χ4v) is 4.06. The van der Waals surface area contributed by atoms with E-state index in [1.54, 1.807) is 0 Å². The monoisotopic (exact) mass is 270 g/mol. The standard InChI is InChI=1S/C14H26N2OS/c1-2-16(13-6-4-3-5-7-13)14(17)10-12-11-18-9-8-15-12/h12-13,15H,2-11H2,1H3. The predicted molar refractivity (Wildman–Crippen MR) is 78.0 cm³/mol. The number of thioether (sulfide) groups is 1. The number of nitrogens with one attached hydrogen (secondary N) is 1. The first-order chi connectivity index (χ1) is 8.81. The van der Waals surface area contributed by atoms with E-state index in [1.165, 1.54) is 37.9 Å². The maximum Gasteiger partial charge on any atom is 0.224 e. The lowest BCUT2D eigenvalue weighted by molar-refractivity contribution is -0.134. The van der Waals surface area contributed by atoms with Crippen molar-refractivity contribution >= 4 is 17.7 Å². The van der Waals surface area contributed by atoms with E-state index in [0.29, 0.717) is 24.4 Å². The molecule has 0 bridgehead atoms. The molecule has 1 N–H and O–H groups in total. The Morgan fingerprint density at radius 3 is 2.72 bits per heavy atom. The van der Waals surface area contributed by atoms with Crippen molar-refractivity contribution in [1.82, 2.24) is 10.2 Å². The first-order valence-electron chi connectivity index (χ1n) is 7.42. The van der Waals surface area contributed by atoms with Crippen LogP contribution in [-0.4, -0.2) is 47.5 Å². The van der Waals surface area contributed by atoms with Gasteiger partial charge in [0.15, 0.2) is 0 Å². The molecule has 18 heavy (non-hydrogen) atoms. The molecule has 0 aromatic carbocycles. The Morgan fingerprint density at radius 2 is 2.11 bits per heavy atom. The maximum absolute atomic E-state index is 12.4. The van der Waals surface area contributed by atoms with Crippen molar-refractivity contribution in [2.75, 3.05) is 24.6 Å². The quantitative estimate of drug-likeness (QED) is 0.850. The second-order valence-corrected chi connectivity index (χ2v) is 6.55. The third kappa shape index (κ3) is 3.89. The summed E-state index contributed by atoms with van der Waals surface area (Å²) in [5.41, 5.74) is 0. The summed E-state index contributed by atoms with van der Waals surface area (Å²) in [6.45, 7) is 4.05. The molecule has 1 saturated heterocycles. The lowest BCUT2D eigenvalue weighted by Crippen LogP contribution is -2.46. The van der Waals surface area contributed by atoms with Crippen LogP contribution in [-0.2, 0) is 4.79 Å². The normalized spacial score (nSPS) is 25.9. The zero-order chi connectivity index (χ0) is 12.8. The van der Waals surface area contributed by atoms with E-state index >= 15 is 0 Å². The van der Waals surface area contributed by atoms with E-state index in [1.807, 2.05) is 11.8 Å². The van der Waals surface area contributed by atoms with Crippen LogP contribution in [0.5, 0.6) is 0 Å². The average molecular weight is 270 g/mol. The summed E-state index contributed by atoms with van der Waals surface area (Å²) in [6, 6.07) is 0.918. The molecule has 1 unspecified atom stereocenters. The van der Waals surface area contributed by atoms with Gasteiger partial charge in [-0.2, -0.15) is 11.8 Å². The van der Waals surface area contributed by atoms with Gasteiger partial charge in [0.1, 0.15) is 0 Å². The number of hydrogen-bond donors (Lipinski definition) is 1. The Hall–Kier alpha value is -0.220. The Labute approximate surface area is 115 Å². The van der Waals surface area contributed by atoms with Gasteiger partial charge in [-0.15, -0.1) is 0 Å². The molecule has 0 aromatic heterocycles. The molecule has 3 nitrogen and oxygen atoms in total. The number of carbonyl (C=O) groups is 1. The fourth-order valence-electron chi connectivity index (χ4n) is 3.11. The number of amides is 1. The molecule has 1 aliphatic heterocycles. The molecule has 1 amide bonds. The van der Waals surface area contributed by atoms with Crippen LogP contribution in [0.4, 0.5) is 0 Å². The third-order valence-electron chi connectivity index (χ3n) is 4.10. The van der Waals surface area contributed by atoms with Gasteiger partial charge in [0.05, 0.1) is 0 Å². The van der Waals surface area contributed by atoms with Gasteiger partial charge in [-0.05, 0) is 19.8 Å². The summed E-state index contributed by atoms with van der Waals surface area (Å²) < 4.78 is 0. The van der Waals surface area contributed by atoms with Crippen LogP contribution in [0.3, 0.4) is 0 Å². The van der Waals surface area contributed by atoms with Crippen LogP contribution in [0.15, 0.2) is 0 Å². The highest BCUT2D eigenvalue weighted by Crippen LogP contribution is 2.23. The van der Waals surface area contributed by atoms with E-state index in [4.69, 9.17) is 0 Å². The minimum Gasteiger partial charge on any atom is -0.340 e. The van der Waals surface area contributed by atoms with Crippen molar-refractivity contribution < 1.29 is 4.79 Å². The van der Waals surface area contributed by atoms with Crippen LogP contribution in [0, 0.1) is 0 Å². The van der Waals surface area contributed by atoms with Gasteiger partial charge in [0.25, 0.3) is 0 Å². The summed E-state index contributed by atoms with van der Waals surface area (Å²) in [5.74, 6) is 2.64. The van der Waals surface area contributed by atoms with E-state index in [2.05, 4.69) is 17.1 Å². The van der Waals surface area contributed by atoms with Crippen molar-refractivity contribution in [2.24, 2.45) is 0 Å². The van der Waals surface area contributed by atoms with Crippen molar-refractivity contribution in [3.63, 3.8) is 0 Å². The molecule has 4 heteroatoms. The first-order valence-corrected chi connectivity index (χ1v) is 8.57. The SMILES string of the molecule is CCN(C(=O)CC1CSCCN1)C1CCCCC1. The molecule has 2 fully saturated rings. The molecule has 1 atom stereocenters. The fraction of sp³-hybridized carbons (Fsp3) is 0.929. The Balaban J connectivity index is 1.83. The highest BCUT2D eigenvalue weighted by atomic mass is 32.2. The molecule has 1 saturated carbocycles. The van der Waals surface area contributed by atoms with Crippen molar-refractivity contribution in [3.05, 3.63) is 0 Å². The average Bonchev–Trinajstić information content (AvgIpc) is 2.42. The second kappa shape index (κ2) is 7.39. The van der Waals surface area contributed by atoms with E-state index in [9.17, 15) is 4.79 Å². The highest BCUT2D eigenvalue weighted by molar-refractivity contribution is 7.99. The molecule has 0 spiro atoms. The van der Waals surface area contributed by atoms with E-state index in [-0.39, 0.29) is 0 Å². The molecule has 0 aromatic rings. The Kier molecular flexibility index (Phi) is 5.83. The van der Waals surface area contributed by atoms with E-state index in [0.717, 1.165) is 18.8 Å². The molecular weight excluding hydrogens is 244 g/mol. The summed E-state index contributed by atoms with van der Waals surface area (Å²) in [7, 11) is 0. The minimum atomic E-state index is 0.365.